The summed E-state index contributed by atoms with van der Waals surface area (Å²) >= 11 is 0. The predicted molar refractivity (Wildman–Crippen MR) is 76.5 cm³/mol. The molecule has 0 saturated carbocycles. The van der Waals surface area contributed by atoms with Gasteiger partial charge in [-0.05, 0) is 49.0 Å². The molecule has 0 aromatic heterocycles. The highest BCUT2D eigenvalue weighted by Crippen LogP contribution is 2.22. The van der Waals surface area contributed by atoms with Crippen molar-refractivity contribution in [1.29, 1.82) is 0 Å². The lowest BCUT2D eigenvalue weighted by molar-refractivity contribution is 0.874. The van der Waals surface area contributed by atoms with Crippen LogP contribution in [-0.4, -0.2) is 0 Å². The van der Waals surface area contributed by atoms with Crippen LogP contribution in [0.4, 0.5) is 0 Å². The third-order valence-electron chi connectivity index (χ3n) is 2.73. The Hall–Kier alpha value is -1.50. The lowest BCUT2D eigenvalue weighted by atomic mass is 10.0. The van der Waals surface area contributed by atoms with Crippen molar-refractivity contribution in [3.05, 3.63) is 59.4 Å². The van der Waals surface area contributed by atoms with Crippen molar-refractivity contribution in [1.82, 2.24) is 0 Å². The third-order valence-corrected chi connectivity index (χ3v) is 2.73. The number of hydrogen-bond donors (Lipinski definition) is 1. The molecule has 1 nitrogen and oxygen atoms in total. The highest BCUT2D eigenvalue weighted by atomic mass is 14.5. The van der Waals surface area contributed by atoms with Gasteiger partial charge in [-0.2, -0.15) is 0 Å². The van der Waals surface area contributed by atoms with E-state index in [1.165, 1.54) is 30.4 Å². The molecule has 0 atom stereocenters. The minimum absolute atomic E-state index is 0.836. The van der Waals surface area contributed by atoms with Gasteiger partial charge in [-0.15, -0.1) is 0 Å². The highest BCUT2D eigenvalue weighted by molar-refractivity contribution is 5.45. The van der Waals surface area contributed by atoms with E-state index in [4.69, 9.17) is 5.73 Å². The zero-order valence-corrected chi connectivity index (χ0v) is 10.9. The standard InChI is InChI=1S/C14H17N.C2H6/c15-14-9-5-8-13(10-11-14)12-6-3-1-2-4-7-12;1-2/h3,5-7,9-11H,1-2,4,8,15H2;1-2H3. The van der Waals surface area contributed by atoms with Gasteiger partial charge in [-0.1, -0.05) is 44.2 Å². The summed E-state index contributed by atoms with van der Waals surface area (Å²) in [6.45, 7) is 4.00. The minimum Gasteiger partial charge on any atom is -0.399 e. The quantitative estimate of drug-likeness (QED) is 0.708. The summed E-state index contributed by atoms with van der Waals surface area (Å²) < 4.78 is 0. The van der Waals surface area contributed by atoms with E-state index in [1.807, 2.05) is 26.0 Å². The van der Waals surface area contributed by atoms with Crippen molar-refractivity contribution >= 4 is 0 Å². The van der Waals surface area contributed by atoms with E-state index in [0.717, 1.165) is 12.1 Å². The number of nitrogens with two attached hydrogens (primary N) is 1. The smallest absolute Gasteiger partial charge is 0.0310 e. The summed E-state index contributed by atoms with van der Waals surface area (Å²) in [5, 5.41) is 0. The molecule has 0 bridgehead atoms. The van der Waals surface area contributed by atoms with Crippen molar-refractivity contribution in [2.45, 2.75) is 39.5 Å². The molecule has 0 radical (unpaired) electrons. The Morgan fingerprint density at radius 3 is 2.65 bits per heavy atom. The Morgan fingerprint density at radius 1 is 1.00 bits per heavy atom. The van der Waals surface area contributed by atoms with Crippen LogP contribution in [0, 0.1) is 0 Å². The summed E-state index contributed by atoms with van der Waals surface area (Å²) in [7, 11) is 0. The summed E-state index contributed by atoms with van der Waals surface area (Å²) in [5.74, 6) is 0. The number of allylic oxidation sites excluding steroid dienone is 9. The SMILES string of the molecule is CC.NC1=CC=C(C2=CCCCC=C2)CC=C1. The molecule has 2 N–H and O–H groups in total. The Morgan fingerprint density at radius 2 is 1.82 bits per heavy atom. The molecule has 0 unspecified atom stereocenters. The van der Waals surface area contributed by atoms with E-state index < -0.39 is 0 Å². The molecule has 92 valence electrons. The first-order chi connectivity index (χ1) is 8.36. The predicted octanol–water partition coefficient (Wildman–Crippen LogP) is 4.41. The normalized spacial score (nSPS) is 19.1. The molecule has 2 rings (SSSR count). The first kappa shape index (κ1) is 13.6. The molecule has 0 aliphatic heterocycles. The third kappa shape index (κ3) is 4.48. The monoisotopic (exact) mass is 229 g/mol. The van der Waals surface area contributed by atoms with Gasteiger partial charge in [0.2, 0.25) is 0 Å². The Bertz CT molecular complexity index is 378. The summed E-state index contributed by atoms with van der Waals surface area (Å²) in [6.07, 6.45) is 19.7. The fourth-order valence-electron chi connectivity index (χ4n) is 1.87. The van der Waals surface area contributed by atoms with E-state index in [9.17, 15) is 0 Å². The molecule has 0 amide bonds. The van der Waals surface area contributed by atoms with Crippen LogP contribution in [0.5, 0.6) is 0 Å². The van der Waals surface area contributed by atoms with Crippen LogP contribution in [0.25, 0.3) is 0 Å². The van der Waals surface area contributed by atoms with Crippen LogP contribution in [0.2, 0.25) is 0 Å². The van der Waals surface area contributed by atoms with Crippen molar-refractivity contribution in [3.8, 4) is 0 Å². The Labute approximate surface area is 105 Å². The molecular formula is C16H23N. The second kappa shape index (κ2) is 7.72. The molecule has 1 heteroatoms. The van der Waals surface area contributed by atoms with Crippen LogP contribution in [0.3, 0.4) is 0 Å². The molecular weight excluding hydrogens is 206 g/mol. The lowest BCUT2D eigenvalue weighted by Crippen LogP contribution is -1.89. The maximum atomic E-state index is 5.75. The zero-order chi connectivity index (χ0) is 12.5. The van der Waals surface area contributed by atoms with Gasteiger partial charge in [-0.3, -0.25) is 0 Å². The van der Waals surface area contributed by atoms with Crippen LogP contribution in [0.15, 0.2) is 59.4 Å². The van der Waals surface area contributed by atoms with E-state index >= 15 is 0 Å². The molecule has 0 aromatic carbocycles. The van der Waals surface area contributed by atoms with Crippen LogP contribution < -0.4 is 5.73 Å². The van der Waals surface area contributed by atoms with Gasteiger partial charge in [0.15, 0.2) is 0 Å². The maximum Gasteiger partial charge on any atom is 0.0310 e. The molecule has 2 aliphatic carbocycles. The largest absolute Gasteiger partial charge is 0.399 e. The molecule has 17 heavy (non-hydrogen) atoms. The first-order valence-electron chi connectivity index (χ1n) is 6.56. The van der Waals surface area contributed by atoms with Gasteiger partial charge in [0.05, 0.1) is 0 Å². The average molecular weight is 229 g/mol. The van der Waals surface area contributed by atoms with Gasteiger partial charge in [-0.25, -0.2) is 0 Å². The average Bonchev–Trinajstić information content (AvgIpc) is 2.74. The summed E-state index contributed by atoms with van der Waals surface area (Å²) in [5.41, 5.74) is 9.32. The molecule has 0 heterocycles. The van der Waals surface area contributed by atoms with Gasteiger partial charge in [0.1, 0.15) is 0 Å². The Kier molecular flexibility index (Phi) is 6.16. The fraction of sp³-hybridized carbons (Fsp3) is 0.375. The van der Waals surface area contributed by atoms with Crippen molar-refractivity contribution in [2.24, 2.45) is 5.73 Å². The number of hydrogen-bond acceptors (Lipinski definition) is 1. The minimum atomic E-state index is 0.836. The van der Waals surface area contributed by atoms with Crippen LogP contribution in [-0.2, 0) is 0 Å². The fourth-order valence-corrected chi connectivity index (χ4v) is 1.87. The van der Waals surface area contributed by atoms with E-state index in [1.54, 1.807) is 0 Å². The molecule has 0 saturated heterocycles. The van der Waals surface area contributed by atoms with Gasteiger partial charge in [0, 0.05) is 5.70 Å². The molecule has 0 fully saturated rings. The lowest BCUT2D eigenvalue weighted by Gasteiger charge is -2.03. The zero-order valence-electron chi connectivity index (χ0n) is 10.9. The van der Waals surface area contributed by atoms with Crippen molar-refractivity contribution in [2.75, 3.05) is 0 Å². The number of rotatable bonds is 1. The first-order valence-corrected chi connectivity index (χ1v) is 6.56. The second-order valence-corrected chi connectivity index (χ2v) is 3.96. The van der Waals surface area contributed by atoms with Gasteiger partial charge < -0.3 is 5.73 Å². The summed E-state index contributed by atoms with van der Waals surface area (Å²) in [6, 6.07) is 0. The van der Waals surface area contributed by atoms with Crippen LogP contribution in [0.1, 0.15) is 39.5 Å². The van der Waals surface area contributed by atoms with Crippen LogP contribution >= 0.6 is 0 Å². The summed E-state index contributed by atoms with van der Waals surface area (Å²) in [4.78, 5) is 0. The van der Waals surface area contributed by atoms with E-state index in [0.29, 0.717) is 0 Å². The van der Waals surface area contributed by atoms with Gasteiger partial charge in [0.25, 0.3) is 0 Å². The molecule has 2 aliphatic rings. The van der Waals surface area contributed by atoms with Gasteiger partial charge >= 0.3 is 0 Å². The molecule has 0 aromatic rings. The second-order valence-electron chi connectivity index (χ2n) is 3.96. The highest BCUT2D eigenvalue weighted by Gasteiger charge is 2.03. The van der Waals surface area contributed by atoms with E-state index in [2.05, 4.69) is 30.4 Å². The molecule has 0 spiro atoms. The van der Waals surface area contributed by atoms with E-state index in [-0.39, 0.29) is 0 Å². The topological polar surface area (TPSA) is 26.0 Å². The van der Waals surface area contributed by atoms with Crippen molar-refractivity contribution < 1.29 is 0 Å². The van der Waals surface area contributed by atoms with Crippen molar-refractivity contribution in [3.63, 3.8) is 0 Å². The Balaban J connectivity index is 0.000000686. The maximum absolute atomic E-state index is 5.75.